The van der Waals surface area contributed by atoms with Crippen molar-refractivity contribution in [1.82, 2.24) is 14.8 Å². The lowest BCUT2D eigenvalue weighted by Gasteiger charge is -2.34. The predicted octanol–water partition coefficient (Wildman–Crippen LogP) is 3.24. The Morgan fingerprint density at radius 2 is 1.80 bits per heavy atom. The van der Waals surface area contributed by atoms with Gasteiger partial charge in [-0.15, -0.1) is 0 Å². The number of non-ortho nitro benzene ring substituents is 1. The van der Waals surface area contributed by atoms with Crippen LogP contribution in [0.25, 0.3) is 0 Å². The maximum atomic E-state index is 13.8. The van der Waals surface area contributed by atoms with Gasteiger partial charge in [0.05, 0.1) is 37.0 Å². The first-order chi connectivity index (χ1) is 19.4. The quantitative estimate of drug-likeness (QED) is 0.330. The SMILES string of the molecule is COc1ccc([C@H]2CC(c3ccc([N+](=O)[O-])cc3)=NN2C(=O)CN(CCN2CCOCC2)C(=O)C2CCC2)cc1. The number of amides is 2. The number of morpholine rings is 1. The van der Waals surface area contributed by atoms with Crippen molar-refractivity contribution >= 4 is 23.2 Å². The van der Waals surface area contributed by atoms with Gasteiger partial charge >= 0.3 is 0 Å². The summed E-state index contributed by atoms with van der Waals surface area (Å²) in [5, 5.41) is 17.3. The Morgan fingerprint density at radius 1 is 1.10 bits per heavy atom. The number of hydrogen-bond donors (Lipinski definition) is 0. The molecule has 1 saturated carbocycles. The van der Waals surface area contributed by atoms with E-state index >= 15 is 0 Å². The van der Waals surface area contributed by atoms with Gasteiger partial charge in [-0.1, -0.05) is 18.6 Å². The van der Waals surface area contributed by atoms with Crippen LogP contribution in [0, 0.1) is 16.0 Å². The van der Waals surface area contributed by atoms with E-state index in [1.807, 2.05) is 24.3 Å². The van der Waals surface area contributed by atoms with Crippen molar-refractivity contribution in [2.45, 2.75) is 31.7 Å². The molecule has 2 fully saturated rings. The van der Waals surface area contributed by atoms with Gasteiger partial charge in [0.1, 0.15) is 12.3 Å². The molecule has 11 nitrogen and oxygen atoms in total. The molecule has 1 saturated heterocycles. The highest BCUT2D eigenvalue weighted by Gasteiger charge is 2.36. The first-order valence-corrected chi connectivity index (χ1v) is 13.8. The van der Waals surface area contributed by atoms with E-state index in [9.17, 15) is 19.7 Å². The zero-order valence-electron chi connectivity index (χ0n) is 22.7. The van der Waals surface area contributed by atoms with Crippen molar-refractivity contribution in [3.05, 3.63) is 69.8 Å². The number of nitro benzene ring substituents is 1. The lowest BCUT2D eigenvalue weighted by Crippen LogP contribution is -2.49. The zero-order valence-corrected chi connectivity index (χ0v) is 22.7. The second-order valence-corrected chi connectivity index (χ2v) is 10.4. The number of methoxy groups -OCH3 is 1. The Bertz CT molecular complexity index is 1240. The van der Waals surface area contributed by atoms with Crippen LogP contribution in [0.4, 0.5) is 5.69 Å². The van der Waals surface area contributed by atoms with Gasteiger partial charge in [0, 0.05) is 50.7 Å². The van der Waals surface area contributed by atoms with Gasteiger partial charge in [0.2, 0.25) is 5.91 Å². The second-order valence-electron chi connectivity index (χ2n) is 10.4. The van der Waals surface area contributed by atoms with Crippen LogP contribution < -0.4 is 4.74 Å². The molecule has 2 aromatic rings. The van der Waals surface area contributed by atoms with Crippen molar-refractivity contribution in [2.75, 3.05) is 53.0 Å². The first-order valence-electron chi connectivity index (χ1n) is 13.8. The van der Waals surface area contributed by atoms with Crippen LogP contribution in [0.2, 0.25) is 0 Å². The highest BCUT2D eigenvalue weighted by Crippen LogP contribution is 2.34. The molecule has 2 heterocycles. The molecule has 3 aliphatic rings. The predicted molar refractivity (Wildman–Crippen MR) is 148 cm³/mol. The molecular formula is C29H35N5O6. The molecule has 0 spiro atoms. The summed E-state index contributed by atoms with van der Waals surface area (Å²) in [6.07, 6.45) is 3.21. The minimum absolute atomic E-state index is 0.00704. The third kappa shape index (κ3) is 6.31. The molecule has 0 unspecified atom stereocenters. The molecule has 40 heavy (non-hydrogen) atoms. The van der Waals surface area contributed by atoms with E-state index in [-0.39, 0.29) is 36.0 Å². The van der Waals surface area contributed by atoms with Crippen molar-refractivity contribution < 1.29 is 24.0 Å². The normalized spacial score (nSPS) is 19.6. The molecule has 0 bridgehead atoms. The molecule has 0 N–H and O–H groups in total. The molecular weight excluding hydrogens is 514 g/mol. The summed E-state index contributed by atoms with van der Waals surface area (Å²) in [5.74, 6) is 0.462. The standard InChI is InChI=1S/C29H35N5O6/c1-39-25-11-7-22(8-12-25)27-19-26(21-5-9-24(10-6-21)34(37)38)30-33(27)28(35)20-32(29(36)23-3-2-4-23)14-13-31-15-17-40-18-16-31/h5-12,23,27H,2-4,13-20H2,1H3/t27-/m1/s1. The minimum atomic E-state index is -0.444. The number of ether oxygens (including phenoxy) is 2. The topological polar surface area (TPSA) is 118 Å². The molecule has 2 aromatic carbocycles. The number of hydrogen-bond acceptors (Lipinski definition) is 8. The third-order valence-electron chi connectivity index (χ3n) is 7.96. The van der Waals surface area contributed by atoms with Crippen LogP contribution in [0.3, 0.4) is 0 Å². The number of nitro groups is 1. The summed E-state index contributed by atoms with van der Waals surface area (Å²) in [5.41, 5.74) is 2.26. The van der Waals surface area contributed by atoms with Crippen LogP contribution in [0.5, 0.6) is 5.75 Å². The molecule has 0 radical (unpaired) electrons. The number of rotatable bonds is 10. The van der Waals surface area contributed by atoms with Crippen molar-refractivity contribution in [3.8, 4) is 5.75 Å². The monoisotopic (exact) mass is 549 g/mol. The Balaban J connectivity index is 1.37. The summed E-state index contributed by atoms with van der Waals surface area (Å²) in [7, 11) is 1.60. The van der Waals surface area contributed by atoms with Crippen LogP contribution in [-0.2, 0) is 14.3 Å². The van der Waals surface area contributed by atoms with E-state index < -0.39 is 4.92 Å². The highest BCUT2D eigenvalue weighted by atomic mass is 16.6. The van der Waals surface area contributed by atoms with Crippen molar-refractivity contribution in [3.63, 3.8) is 0 Å². The largest absolute Gasteiger partial charge is 0.497 e. The van der Waals surface area contributed by atoms with E-state index in [1.54, 1.807) is 24.1 Å². The van der Waals surface area contributed by atoms with E-state index in [4.69, 9.17) is 14.6 Å². The first kappa shape index (κ1) is 27.7. The maximum absolute atomic E-state index is 13.8. The number of benzene rings is 2. The van der Waals surface area contributed by atoms with E-state index in [0.717, 1.165) is 37.9 Å². The fourth-order valence-electron chi connectivity index (χ4n) is 5.28. The Labute approximate surface area is 233 Å². The maximum Gasteiger partial charge on any atom is 0.269 e. The smallest absolute Gasteiger partial charge is 0.269 e. The van der Waals surface area contributed by atoms with E-state index in [1.165, 1.54) is 17.1 Å². The van der Waals surface area contributed by atoms with Gasteiger partial charge in [0.15, 0.2) is 0 Å². The van der Waals surface area contributed by atoms with Gasteiger partial charge in [-0.2, -0.15) is 5.10 Å². The van der Waals surface area contributed by atoms with Gasteiger partial charge in [0.25, 0.3) is 11.6 Å². The summed E-state index contributed by atoms with van der Waals surface area (Å²) in [4.78, 5) is 41.8. The highest BCUT2D eigenvalue weighted by molar-refractivity contribution is 6.03. The van der Waals surface area contributed by atoms with Gasteiger partial charge < -0.3 is 14.4 Å². The summed E-state index contributed by atoms with van der Waals surface area (Å²) >= 11 is 0. The summed E-state index contributed by atoms with van der Waals surface area (Å²) in [6.45, 7) is 4.08. The molecule has 0 aromatic heterocycles. The zero-order chi connectivity index (χ0) is 28.1. The van der Waals surface area contributed by atoms with Crippen molar-refractivity contribution in [1.29, 1.82) is 0 Å². The lowest BCUT2D eigenvalue weighted by atomic mass is 9.84. The molecule has 212 valence electrons. The van der Waals surface area contributed by atoms with Crippen LogP contribution >= 0.6 is 0 Å². The number of nitrogens with zero attached hydrogens (tertiary/aromatic N) is 5. The molecule has 11 heteroatoms. The van der Waals surface area contributed by atoms with Gasteiger partial charge in [-0.05, 0) is 48.2 Å². The Hall–Kier alpha value is -3.83. The van der Waals surface area contributed by atoms with E-state index in [2.05, 4.69) is 4.90 Å². The summed E-state index contributed by atoms with van der Waals surface area (Å²) < 4.78 is 10.7. The average Bonchev–Trinajstić information content (AvgIpc) is 3.40. The molecule has 5 rings (SSSR count). The molecule has 1 atom stereocenters. The van der Waals surface area contributed by atoms with Gasteiger partial charge in [-0.3, -0.25) is 24.6 Å². The second kappa shape index (κ2) is 12.6. The fraction of sp³-hybridized carbons (Fsp3) is 0.483. The fourth-order valence-corrected chi connectivity index (χ4v) is 5.28. The minimum Gasteiger partial charge on any atom is -0.497 e. The lowest BCUT2D eigenvalue weighted by molar-refractivity contribution is -0.384. The van der Waals surface area contributed by atoms with Crippen LogP contribution in [0.1, 0.15) is 42.9 Å². The van der Waals surface area contributed by atoms with Gasteiger partial charge in [-0.25, -0.2) is 5.01 Å². The molecule has 2 aliphatic heterocycles. The Morgan fingerprint density at radius 3 is 2.40 bits per heavy atom. The van der Waals surface area contributed by atoms with Crippen molar-refractivity contribution in [2.24, 2.45) is 11.0 Å². The molecule has 1 aliphatic carbocycles. The Kier molecular flexibility index (Phi) is 8.71. The number of hydrazone groups is 1. The number of carbonyl (C=O) groups is 2. The molecule has 2 amide bonds. The summed E-state index contributed by atoms with van der Waals surface area (Å²) in [6, 6.07) is 13.3. The van der Waals surface area contributed by atoms with Crippen LogP contribution in [-0.4, -0.2) is 90.3 Å². The van der Waals surface area contributed by atoms with E-state index in [0.29, 0.717) is 49.7 Å². The average molecular weight is 550 g/mol. The third-order valence-corrected chi connectivity index (χ3v) is 7.96. The van der Waals surface area contributed by atoms with Crippen LogP contribution in [0.15, 0.2) is 53.6 Å². The number of carbonyl (C=O) groups excluding carboxylic acids is 2.